The molecule has 0 saturated carbocycles. The topological polar surface area (TPSA) is 38.3 Å². The van der Waals surface area contributed by atoms with Crippen LogP contribution in [0, 0.1) is 5.92 Å². The SMILES string of the molecule is CCOC(=O)c1cccc2c1N[C@H](c1ccccc1Cl)[C@@H]1CC=C[C@H]21. The molecule has 3 atom stereocenters. The second-order valence-electron chi connectivity index (χ2n) is 6.49. The zero-order valence-corrected chi connectivity index (χ0v) is 14.8. The molecule has 2 aliphatic rings. The van der Waals surface area contributed by atoms with Gasteiger partial charge in [-0.1, -0.05) is 54.1 Å². The minimum absolute atomic E-state index is 0.0665. The second kappa shape index (κ2) is 6.57. The van der Waals surface area contributed by atoms with Crippen molar-refractivity contribution in [3.8, 4) is 0 Å². The Balaban J connectivity index is 1.82. The normalized spacial score (nSPS) is 23.5. The fraction of sp³-hybridized carbons (Fsp3) is 0.286. The lowest BCUT2D eigenvalue weighted by Crippen LogP contribution is -2.30. The highest BCUT2D eigenvalue weighted by molar-refractivity contribution is 6.31. The molecule has 3 nitrogen and oxygen atoms in total. The molecule has 0 aromatic heterocycles. The number of para-hydroxylation sites is 1. The molecule has 0 bridgehead atoms. The molecule has 2 aromatic rings. The van der Waals surface area contributed by atoms with Crippen molar-refractivity contribution < 1.29 is 9.53 Å². The third kappa shape index (κ3) is 2.73. The molecular weight excluding hydrogens is 334 g/mol. The lowest BCUT2D eigenvalue weighted by Gasteiger charge is -2.38. The molecule has 0 radical (unpaired) electrons. The Morgan fingerprint density at radius 2 is 2.00 bits per heavy atom. The Morgan fingerprint density at radius 1 is 1.20 bits per heavy atom. The number of hydrogen-bond donors (Lipinski definition) is 1. The predicted molar refractivity (Wildman–Crippen MR) is 100 cm³/mol. The molecule has 1 aliphatic heterocycles. The van der Waals surface area contributed by atoms with Crippen LogP contribution in [0.25, 0.3) is 0 Å². The van der Waals surface area contributed by atoms with E-state index in [1.807, 2.05) is 37.3 Å². The third-order valence-corrected chi connectivity index (χ3v) is 5.48. The Kier molecular flexibility index (Phi) is 4.26. The van der Waals surface area contributed by atoms with Crippen molar-refractivity contribution in [2.45, 2.75) is 25.3 Å². The summed E-state index contributed by atoms with van der Waals surface area (Å²) in [6, 6.07) is 13.9. The number of nitrogens with one attached hydrogen (secondary N) is 1. The Labute approximate surface area is 152 Å². The molecule has 0 fully saturated rings. The molecule has 4 heteroatoms. The largest absolute Gasteiger partial charge is 0.462 e. The highest BCUT2D eigenvalue weighted by atomic mass is 35.5. The van der Waals surface area contributed by atoms with E-state index in [1.165, 1.54) is 0 Å². The average Bonchev–Trinajstić information content (AvgIpc) is 3.11. The smallest absolute Gasteiger partial charge is 0.340 e. The lowest BCUT2D eigenvalue weighted by molar-refractivity contribution is 0.0527. The maximum absolute atomic E-state index is 12.4. The van der Waals surface area contributed by atoms with Crippen LogP contribution in [0.5, 0.6) is 0 Å². The molecule has 0 spiro atoms. The van der Waals surface area contributed by atoms with E-state index in [1.54, 1.807) is 0 Å². The standard InChI is InChI=1S/C21H20ClNO2/c1-2-25-21(24)17-11-6-10-15-13-8-5-9-14(13)19(23-20(15)17)16-7-3-4-12-18(16)22/h3-8,10-14,19,23H,2,9H2,1H3/t13-,14+,19-/m0/s1. The van der Waals surface area contributed by atoms with Crippen molar-refractivity contribution in [1.29, 1.82) is 0 Å². The van der Waals surface area contributed by atoms with Gasteiger partial charge in [-0.25, -0.2) is 4.79 Å². The van der Waals surface area contributed by atoms with E-state index in [4.69, 9.17) is 16.3 Å². The summed E-state index contributed by atoms with van der Waals surface area (Å²) in [6.07, 6.45) is 5.48. The van der Waals surface area contributed by atoms with Crippen LogP contribution in [0.1, 0.15) is 46.8 Å². The highest BCUT2D eigenvalue weighted by Crippen LogP contribution is 2.51. The molecule has 2 aromatic carbocycles. The molecule has 25 heavy (non-hydrogen) atoms. The Morgan fingerprint density at radius 3 is 2.80 bits per heavy atom. The molecule has 1 aliphatic carbocycles. The number of esters is 1. The Bertz CT molecular complexity index is 846. The summed E-state index contributed by atoms with van der Waals surface area (Å²) in [7, 11) is 0. The van der Waals surface area contributed by atoms with E-state index >= 15 is 0 Å². The van der Waals surface area contributed by atoms with Crippen LogP contribution in [-0.2, 0) is 4.74 Å². The monoisotopic (exact) mass is 353 g/mol. The number of benzene rings is 2. The van der Waals surface area contributed by atoms with Gasteiger partial charge in [0.15, 0.2) is 0 Å². The first kappa shape index (κ1) is 16.2. The predicted octanol–water partition coefficient (Wildman–Crippen LogP) is 5.34. The fourth-order valence-electron chi connectivity index (χ4n) is 4.04. The number of hydrogen-bond acceptors (Lipinski definition) is 3. The zero-order chi connectivity index (χ0) is 17.4. The van der Waals surface area contributed by atoms with Crippen molar-refractivity contribution in [1.82, 2.24) is 0 Å². The molecule has 0 saturated heterocycles. The van der Waals surface area contributed by atoms with Gasteiger partial charge < -0.3 is 10.1 Å². The first-order chi connectivity index (χ1) is 12.2. The maximum atomic E-state index is 12.4. The first-order valence-corrected chi connectivity index (χ1v) is 9.06. The minimum atomic E-state index is -0.287. The summed E-state index contributed by atoms with van der Waals surface area (Å²) < 4.78 is 5.25. The second-order valence-corrected chi connectivity index (χ2v) is 6.89. The van der Waals surface area contributed by atoms with Gasteiger partial charge in [-0.15, -0.1) is 0 Å². The number of anilines is 1. The number of carbonyl (C=O) groups excluding carboxylic acids is 1. The third-order valence-electron chi connectivity index (χ3n) is 5.13. The van der Waals surface area contributed by atoms with E-state index in [9.17, 15) is 4.79 Å². The number of carbonyl (C=O) groups is 1. The van der Waals surface area contributed by atoms with Gasteiger partial charge in [0.25, 0.3) is 0 Å². The van der Waals surface area contributed by atoms with Gasteiger partial charge in [-0.3, -0.25) is 0 Å². The van der Waals surface area contributed by atoms with Crippen molar-refractivity contribution >= 4 is 23.3 Å². The highest BCUT2D eigenvalue weighted by Gasteiger charge is 2.39. The molecular formula is C21H20ClNO2. The summed E-state index contributed by atoms with van der Waals surface area (Å²) in [6.45, 7) is 2.19. The lowest BCUT2D eigenvalue weighted by atomic mass is 9.76. The van der Waals surface area contributed by atoms with E-state index < -0.39 is 0 Å². The van der Waals surface area contributed by atoms with Gasteiger partial charge in [-0.05, 0) is 42.5 Å². The van der Waals surface area contributed by atoms with Crippen LogP contribution in [-0.4, -0.2) is 12.6 Å². The number of allylic oxidation sites excluding steroid dienone is 2. The summed E-state index contributed by atoms with van der Waals surface area (Å²) in [5.74, 6) is 0.391. The number of ether oxygens (including phenoxy) is 1. The van der Waals surface area contributed by atoms with Crippen LogP contribution < -0.4 is 5.32 Å². The average molecular weight is 354 g/mol. The zero-order valence-electron chi connectivity index (χ0n) is 14.0. The van der Waals surface area contributed by atoms with Crippen LogP contribution in [0.4, 0.5) is 5.69 Å². The van der Waals surface area contributed by atoms with Crippen LogP contribution in [0.15, 0.2) is 54.6 Å². The van der Waals surface area contributed by atoms with E-state index in [-0.39, 0.29) is 17.9 Å². The summed E-state index contributed by atoms with van der Waals surface area (Å²) in [5, 5.41) is 4.36. The summed E-state index contributed by atoms with van der Waals surface area (Å²) in [5.41, 5.74) is 3.70. The number of rotatable bonds is 3. The van der Waals surface area contributed by atoms with E-state index in [2.05, 4.69) is 29.6 Å². The fourth-order valence-corrected chi connectivity index (χ4v) is 4.29. The number of halogens is 1. The van der Waals surface area contributed by atoms with Crippen LogP contribution in [0.2, 0.25) is 5.02 Å². The number of fused-ring (bicyclic) bond motifs is 3. The molecule has 4 rings (SSSR count). The minimum Gasteiger partial charge on any atom is -0.462 e. The first-order valence-electron chi connectivity index (χ1n) is 8.68. The van der Waals surface area contributed by atoms with Crippen LogP contribution >= 0.6 is 11.6 Å². The van der Waals surface area contributed by atoms with Crippen molar-refractivity contribution in [3.63, 3.8) is 0 Å². The summed E-state index contributed by atoms with van der Waals surface area (Å²) in [4.78, 5) is 12.4. The summed E-state index contributed by atoms with van der Waals surface area (Å²) >= 11 is 6.48. The van der Waals surface area contributed by atoms with Crippen molar-refractivity contribution in [3.05, 3.63) is 76.3 Å². The van der Waals surface area contributed by atoms with Gasteiger partial charge in [-0.2, -0.15) is 0 Å². The van der Waals surface area contributed by atoms with Gasteiger partial charge in [0, 0.05) is 10.9 Å². The van der Waals surface area contributed by atoms with Gasteiger partial charge in [0.05, 0.1) is 23.9 Å². The van der Waals surface area contributed by atoms with Crippen molar-refractivity contribution in [2.75, 3.05) is 11.9 Å². The van der Waals surface area contributed by atoms with Gasteiger partial charge in [0.1, 0.15) is 0 Å². The molecule has 0 unspecified atom stereocenters. The Hall–Kier alpha value is -2.26. The van der Waals surface area contributed by atoms with Gasteiger partial charge >= 0.3 is 5.97 Å². The molecule has 128 valence electrons. The maximum Gasteiger partial charge on any atom is 0.340 e. The van der Waals surface area contributed by atoms with Crippen molar-refractivity contribution in [2.24, 2.45) is 5.92 Å². The molecule has 1 heterocycles. The van der Waals surface area contributed by atoms with E-state index in [0.29, 0.717) is 18.1 Å². The molecule has 0 amide bonds. The van der Waals surface area contributed by atoms with Crippen LogP contribution in [0.3, 0.4) is 0 Å². The van der Waals surface area contributed by atoms with Gasteiger partial charge in [0.2, 0.25) is 0 Å². The quantitative estimate of drug-likeness (QED) is 0.597. The van der Waals surface area contributed by atoms with E-state index in [0.717, 1.165) is 28.3 Å². The molecule has 1 N–H and O–H groups in total.